The Kier molecular flexibility index (Phi) is 6.49. The summed E-state index contributed by atoms with van der Waals surface area (Å²) in [4.78, 5) is 15.2. The molecule has 0 spiro atoms. The first-order chi connectivity index (χ1) is 11.2. The van der Waals surface area contributed by atoms with Gasteiger partial charge in [-0.05, 0) is 37.5 Å². The van der Waals surface area contributed by atoms with E-state index in [4.69, 9.17) is 4.74 Å². The Morgan fingerprint density at radius 1 is 1.29 bits per heavy atom. The molecule has 3 unspecified atom stereocenters. The van der Waals surface area contributed by atoms with Gasteiger partial charge in [0.25, 0.3) is 0 Å². The Morgan fingerprint density at radius 2 is 1.92 bits per heavy atom. The number of rotatable bonds is 7. The summed E-state index contributed by atoms with van der Waals surface area (Å²) in [5, 5.41) is 3.26. The van der Waals surface area contributed by atoms with Gasteiger partial charge in [-0.25, -0.2) is 0 Å². The van der Waals surface area contributed by atoms with Crippen LogP contribution in [0.15, 0.2) is 11.6 Å². The summed E-state index contributed by atoms with van der Waals surface area (Å²) in [6.45, 7) is 17.5. The third-order valence-corrected chi connectivity index (χ3v) is 5.52. The van der Waals surface area contributed by atoms with Gasteiger partial charge in [0, 0.05) is 25.7 Å². The number of morpholine rings is 1. The molecule has 1 aliphatic carbocycles. The second-order valence-electron chi connectivity index (χ2n) is 8.75. The lowest BCUT2D eigenvalue weighted by Crippen LogP contribution is -2.49. The monoisotopic (exact) mass is 336 g/mol. The lowest BCUT2D eigenvalue weighted by molar-refractivity contribution is -0.123. The first-order valence-electron chi connectivity index (χ1n) is 9.48. The molecule has 4 nitrogen and oxygen atoms in total. The van der Waals surface area contributed by atoms with Crippen molar-refractivity contribution in [2.24, 2.45) is 23.2 Å². The smallest absolute Gasteiger partial charge is 0.224 e. The van der Waals surface area contributed by atoms with Gasteiger partial charge in [0.1, 0.15) is 0 Å². The van der Waals surface area contributed by atoms with E-state index in [0.717, 1.165) is 39.3 Å². The lowest BCUT2D eigenvalue weighted by Gasteiger charge is -2.35. The molecule has 2 aliphatic rings. The normalized spacial score (nSPS) is 27.6. The standard InChI is InChI=1S/C20H36N2O2/c1-14(2)11-16(22-7-9-24-10-8-22)13-21-19(23)18-17(12-15(3)4)20(18,5)6/h12,14,16-18H,7-11,13H2,1-6H3,(H,21,23). The van der Waals surface area contributed by atoms with E-state index in [1.54, 1.807) is 0 Å². The molecule has 1 heterocycles. The highest BCUT2D eigenvalue weighted by atomic mass is 16.5. The van der Waals surface area contributed by atoms with Crippen LogP contribution >= 0.6 is 0 Å². The number of carbonyl (C=O) groups excluding carboxylic acids is 1. The minimum atomic E-state index is 0.0911. The van der Waals surface area contributed by atoms with Crippen LogP contribution in [-0.4, -0.2) is 49.7 Å². The minimum absolute atomic E-state index is 0.0911. The van der Waals surface area contributed by atoms with Gasteiger partial charge in [0.15, 0.2) is 0 Å². The number of allylic oxidation sites excluding steroid dienone is 2. The molecular weight excluding hydrogens is 300 g/mol. The lowest BCUT2D eigenvalue weighted by atomic mass is 10.0. The van der Waals surface area contributed by atoms with Crippen molar-refractivity contribution in [2.45, 2.75) is 54.0 Å². The van der Waals surface area contributed by atoms with E-state index in [0.29, 0.717) is 17.9 Å². The first kappa shape index (κ1) is 19.5. The number of nitrogens with one attached hydrogen (secondary N) is 1. The van der Waals surface area contributed by atoms with E-state index in [-0.39, 0.29) is 17.2 Å². The average Bonchev–Trinajstić information content (AvgIpc) is 3.03. The fourth-order valence-corrected chi connectivity index (χ4v) is 4.03. The molecule has 0 aromatic carbocycles. The number of hydrogen-bond donors (Lipinski definition) is 1. The van der Waals surface area contributed by atoms with Crippen LogP contribution in [0.25, 0.3) is 0 Å². The highest BCUT2D eigenvalue weighted by Crippen LogP contribution is 2.59. The summed E-state index contributed by atoms with van der Waals surface area (Å²) in [5.41, 5.74) is 1.39. The highest BCUT2D eigenvalue weighted by molar-refractivity contribution is 5.83. The fourth-order valence-electron chi connectivity index (χ4n) is 4.03. The largest absolute Gasteiger partial charge is 0.379 e. The number of hydrogen-bond acceptors (Lipinski definition) is 3. The van der Waals surface area contributed by atoms with Gasteiger partial charge in [0.2, 0.25) is 5.91 Å². The fraction of sp³-hybridized carbons (Fsp3) is 0.850. The van der Waals surface area contributed by atoms with Crippen molar-refractivity contribution in [3.8, 4) is 0 Å². The Hall–Kier alpha value is -0.870. The van der Waals surface area contributed by atoms with Gasteiger partial charge >= 0.3 is 0 Å². The third-order valence-electron chi connectivity index (χ3n) is 5.52. The molecule has 2 rings (SSSR count). The van der Waals surface area contributed by atoms with E-state index in [1.165, 1.54) is 5.57 Å². The molecule has 1 aliphatic heterocycles. The molecule has 138 valence electrons. The van der Waals surface area contributed by atoms with E-state index in [1.807, 2.05) is 0 Å². The predicted octanol–water partition coefficient (Wildman–Crippen LogP) is 3.09. The summed E-state index contributed by atoms with van der Waals surface area (Å²) in [6, 6.07) is 0.418. The van der Waals surface area contributed by atoms with Crippen molar-refractivity contribution < 1.29 is 9.53 Å². The maximum Gasteiger partial charge on any atom is 0.224 e. The molecule has 0 aromatic rings. The molecule has 2 fully saturated rings. The van der Waals surface area contributed by atoms with Gasteiger partial charge in [0.05, 0.1) is 19.1 Å². The van der Waals surface area contributed by atoms with Crippen molar-refractivity contribution in [3.63, 3.8) is 0 Å². The molecule has 0 bridgehead atoms. The van der Waals surface area contributed by atoms with Crippen LogP contribution < -0.4 is 5.32 Å². The van der Waals surface area contributed by atoms with Crippen molar-refractivity contribution in [1.82, 2.24) is 10.2 Å². The molecule has 3 atom stereocenters. The van der Waals surface area contributed by atoms with E-state index < -0.39 is 0 Å². The summed E-state index contributed by atoms with van der Waals surface area (Å²) in [5.74, 6) is 1.36. The Labute approximate surface area is 148 Å². The first-order valence-corrected chi connectivity index (χ1v) is 9.48. The van der Waals surface area contributed by atoms with Gasteiger partial charge in [-0.2, -0.15) is 0 Å². The van der Waals surface area contributed by atoms with E-state index in [2.05, 4.69) is 57.8 Å². The maximum atomic E-state index is 12.7. The van der Waals surface area contributed by atoms with Gasteiger partial charge < -0.3 is 10.1 Å². The third kappa shape index (κ3) is 4.82. The second-order valence-corrected chi connectivity index (χ2v) is 8.75. The van der Waals surface area contributed by atoms with Crippen LogP contribution in [0.4, 0.5) is 0 Å². The molecule has 1 N–H and O–H groups in total. The minimum Gasteiger partial charge on any atom is -0.379 e. The molecule has 1 saturated heterocycles. The SMILES string of the molecule is CC(C)=CC1C(C(=O)NCC(CC(C)C)N2CCOCC2)C1(C)C. The average molecular weight is 337 g/mol. The summed E-state index contributed by atoms with van der Waals surface area (Å²) in [6.07, 6.45) is 3.38. The molecular formula is C20H36N2O2. The zero-order valence-electron chi connectivity index (χ0n) is 16.4. The molecule has 24 heavy (non-hydrogen) atoms. The van der Waals surface area contributed by atoms with E-state index >= 15 is 0 Å². The van der Waals surface area contributed by atoms with Crippen LogP contribution in [0.2, 0.25) is 0 Å². The summed E-state index contributed by atoms with van der Waals surface area (Å²) < 4.78 is 5.47. The summed E-state index contributed by atoms with van der Waals surface area (Å²) >= 11 is 0. The Balaban J connectivity index is 1.91. The number of nitrogens with zero attached hydrogens (tertiary/aromatic N) is 1. The Bertz CT molecular complexity index is 460. The van der Waals surface area contributed by atoms with Crippen LogP contribution in [0, 0.1) is 23.2 Å². The zero-order valence-corrected chi connectivity index (χ0v) is 16.4. The summed E-state index contributed by atoms with van der Waals surface area (Å²) in [7, 11) is 0. The molecule has 0 aromatic heterocycles. The van der Waals surface area contributed by atoms with Crippen LogP contribution in [-0.2, 0) is 9.53 Å². The van der Waals surface area contributed by atoms with Crippen LogP contribution in [0.1, 0.15) is 48.0 Å². The number of carbonyl (C=O) groups is 1. The highest BCUT2D eigenvalue weighted by Gasteiger charge is 2.60. The molecule has 4 heteroatoms. The van der Waals surface area contributed by atoms with Gasteiger partial charge in [-0.3, -0.25) is 9.69 Å². The second kappa shape index (κ2) is 8.01. The topological polar surface area (TPSA) is 41.6 Å². The van der Waals surface area contributed by atoms with Crippen LogP contribution in [0.5, 0.6) is 0 Å². The molecule has 1 saturated carbocycles. The molecule has 1 amide bonds. The van der Waals surface area contributed by atoms with Crippen molar-refractivity contribution in [3.05, 3.63) is 11.6 Å². The van der Waals surface area contributed by atoms with Gasteiger partial charge in [-0.15, -0.1) is 0 Å². The molecule has 0 radical (unpaired) electrons. The van der Waals surface area contributed by atoms with Crippen molar-refractivity contribution in [2.75, 3.05) is 32.8 Å². The van der Waals surface area contributed by atoms with Crippen molar-refractivity contribution >= 4 is 5.91 Å². The van der Waals surface area contributed by atoms with Crippen LogP contribution in [0.3, 0.4) is 0 Å². The van der Waals surface area contributed by atoms with Gasteiger partial charge in [-0.1, -0.05) is 39.3 Å². The zero-order chi connectivity index (χ0) is 17.9. The number of ether oxygens (including phenoxy) is 1. The predicted molar refractivity (Wildman–Crippen MR) is 98.8 cm³/mol. The maximum absolute atomic E-state index is 12.7. The number of amides is 1. The van der Waals surface area contributed by atoms with Crippen molar-refractivity contribution in [1.29, 1.82) is 0 Å². The Morgan fingerprint density at radius 3 is 2.46 bits per heavy atom. The van der Waals surface area contributed by atoms with E-state index in [9.17, 15) is 4.79 Å². The quantitative estimate of drug-likeness (QED) is 0.727.